The number of nitro benzene ring substituents is 1. The van der Waals surface area contributed by atoms with E-state index in [0.717, 1.165) is 28.0 Å². The monoisotopic (exact) mass is 570 g/mol. The average Bonchev–Trinajstić information content (AvgIpc) is 3.29. The highest BCUT2D eigenvalue weighted by molar-refractivity contribution is 8.00. The zero-order valence-electron chi connectivity index (χ0n) is 18.9. The molecule has 4 rings (SSSR count). The second-order valence-corrected chi connectivity index (χ2v) is 9.34. The lowest BCUT2D eigenvalue weighted by molar-refractivity contribution is -0.384. The third-order valence-electron chi connectivity index (χ3n) is 5.11. The van der Waals surface area contributed by atoms with Crippen LogP contribution in [-0.2, 0) is 30.6 Å². The molecule has 37 heavy (non-hydrogen) atoms. The van der Waals surface area contributed by atoms with Crippen LogP contribution in [0.5, 0.6) is 0 Å². The van der Waals surface area contributed by atoms with Gasteiger partial charge in [-0.1, -0.05) is 5.16 Å². The molecule has 2 aliphatic heterocycles. The van der Waals surface area contributed by atoms with E-state index >= 15 is 0 Å². The molecule has 0 spiro atoms. The number of nitro groups is 1. The summed E-state index contributed by atoms with van der Waals surface area (Å²) in [6, 6.07) is 4.37. The molecule has 0 radical (unpaired) electrons. The van der Waals surface area contributed by atoms with Gasteiger partial charge >= 0.3 is 5.97 Å². The molecule has 2 amide bonds. The number of aliphatic hydroxyl groups is 1. The van der Waals surface area contributed by atoms with E-state index in [-0.39, 0.29) is 58.4 Å². The number of aliphatic hydroxyl groups excluding tert-OH is 1. The van der Waals surface area contributed by atoms with Crippen molar-refractivity contribution in [1.29, 1.82) is 0 Å². The van der Waals surface area contributed by atoms with E-state index < -0.39 is 34.1 Å². The second kappa shape index (κ2) is 11.4. The number of carbonyl (C=O) groups is 3. The Kier molecular flexibility index (Phi) is 8.57. The van der Waals surface area contributed by atoms with Crippen molar-refractivity contribution in [1.82, 2.24) is 15.2 Å². The van der Waals surface area contributed by atoms with Gasteiger partial charge in [-0.25, -0.2) is 9.78 Å². The van der Waals surface area contributed by atoms with Crippen LogP contribution in [-0.4, -0.2) is 67.7 Å². The Morgan fingerprint density at radius 1 is 1.38 bits per heavy atom. The number of halogens is 1. The average molecular weight is 571 g/mol. The number of nitrogens with two attached hydrogens (primary N) is 1. The molecule has 1 fully saturated rings. The minimum atomic E-state index is -1.01. The van der Waals surface area contributed by atoms with Crippen molar-refractivity contribution in [3.63, 3.8) is 0 Å². The van der Waals surface area contributed by atoms with Gasteiger partial charge in [0.05, 0.1) is 10.7 Å². The number of amides is 2. The zero-order chi connectivity index (χ0) is 26.0. The van der Waals surface area contributed by atoms with E-state index in [1.165, 1.54) is 36.8 Å². The summed E-state index contributed by atoms with van der Waals surface area (Å²) in [5.41, 5.74) is 5.64. The van der Waals surface area contributed by atoms with Crippen LogP contribution >= 0.6 is 35.5 Å². The summed E-state index contributed by atoms with van der Waals surface area (Å²) >= 11 is 2.24. The fraction of sp³-hybridized carbons (Fsp3) is 0.250. The number of thioether (sulfide) groups is 1. The van der Waals surface area contributed by atoms with Gasteiger partial charge in [0.1, 0.15) is 36.6 Å². The third-order valence-corrected chi connectivity index (χ3v) is 7.05. The minimum Gasteiger partial charge on any atom is -0.509 e. The number of nitrogens with one attached hydrogen (secondary N) is 1. The third kappa shape index (κ3) is 5.60. The molecule has 1 saturated heterocycles. The van der Waals surface area contributed by atoms with E-state index in [9.17, 15) is 29.6 Å². The number of hydrogen-bond acceptors (Lipinski definition) is 13. The van der Waals surface area contributed by atoms with Crippen LogP contribution in [0.15, 0.2) is 46.3 Å². The Hall–Kier alpha value is -3.89. The number of anilines is 1. The first-order valence-electron chi connectivity index (χ1n) is 10.1. The van der Waals surface area contributed by atoms with Gasteiger partial charge in [-0.15, -0.1) is 35.5 Å². The molecule has 1 unspecified atom stereocenters. The molecule has 3 heterocycles. The van der Waals surface area contributed by atoms with Gasteiger partial charge in [-0.05, 0) is 17.7 Å². The summed E-state index contributed by atoms with van der Waals surface area (Å²) in [7, 11) is 1.25. The zero-order valence-corrected chi connectivity index (χ0v) is 21.3. The molecular formula is C20H19ClN6O8S2. The summed E-state index contributed by atoms with van der Waals surface area (Å²) < 4.78 is 5.21. The van der Waals surface area contributed by atoms with Gasteiger partial charge < -0.3 is 25.7 Å². The second-order valence-electron chi connectivity index (χ2n) is 7.35. The van der Waals surface area contributed by atoms with Crippen LogP contribution in [0.3, 0.4) is 0 Å². The van der Waals surface area contributed by atoms with E-state index in [4.69, 9.17) is 15.3 Å². The van der Waals surface area contributed by atoms with E-state index in [1.54, 1.807) is 0 Å². The minimum absolute atomic E-state index is 0. The maximum absolute atomic E-state index is 12.9. The molecule has 17 heteroatoms. The first-order valence-corrected chi connectivity index (χ1v) is 12.0. The Labute approximate surface area is 223 Å². The number of esters is 1. The number of oxime groups is 1. The molecule has 196 valence electrons. The number of nitrogen functional groups attached to an aromatic ring is 1. The SMILES string of the molecule is CON=C(C(=O)NC1C(=O)N2C(C(=O)OCc3ccc([N+](=O)[O-])cc3)=C(O)CS[C@H]12)c1csc(N)n1.Cl. The first kappa shape index (κ1) is 27.7. The molecule has 2 aliphatic rings. The van der Waals surface area contributed by atoms with Gasteiger partial charge in [-0.3, -0.25) is 24.6 Å². The van der Waals surface area contributed by atoms with Gasteiger partial charge in [0.15, 0.2) is 16.5 Å². The molecule has 0 aliphatic carbocycles. The van der Waals surface area contributed by atoms with Crippen molar-refractivity contribution in [2.75, 3.05) is 18.6 Å². The number of non-ortho nitro benzene ring substituents is 1. The van der Waals surface area contributed by atoms with Crippen LogP contribution in [0.4, 0.5) is 10.8 Å². The molecule has 0 saturated carbocycles. The Bertz CT molecular complexity index is 1300. The Balaban J connectivity index is 0.00000380. The number of benzene rings is 1. The predicted octanol–water partition coefficient (Wildman–Crippen LogP) is 1.32. The number of ether oxygens (including phenoxy) is 1. The van der Waals surface area contributed by atoms with E-state index in [2.05, 4.69) is 15.5 Å². The van der Waals surface area contributed by atoms with Crippen molar-refractivity contribution < 1.29 is 34.0 Å². The van der Waals surface area contributed by atoms with Crippen molar-refractivity contribution in [2.24, 2.45) is 5.16 Å². The molecule has 4 N–H and O–H groups in total. The van der Waals surface area contributed by atoms with Crippen molar-refractivity contribution in [2.45, 2.75) is 18.0 Å². The number of hydrogen-bond donors (Lipinski definition) is 3. The van der Waals surface area contributed by atoms with Crippen LogP contribution in [0, 0.1) is 10.1 Å². The van der Waals surface area contributed by atoms with Crippen LogP contribution in [0.2, 0.25) is 0 Å². The Morgan fingerprint density at radius 2 is 2.08 bits per heavy atom. The largest absolute Gasteiger partial charge is 0.509 e. The number of aromatic nitrogens is 1. The van der Waals surface area contributed by atoms with Gasteiger partial charge in [0, 0.05) is 17.5 Å². The van der Waals surface area contributed by atoms with E-state index in [0.29, 0.717) is 5.56 Å². The number of thiazole rings is 1. The first-order chi connectivity index (χ1) is 17.2. The summed E-state index contributed by atoms with van der Waals surface area (Å²) in [6.07, 6.45) is 0. The van der Waals surface area contributed by atoms with Crippen molar-refractivity contribution in [3.8, 4) is 0 Å². The maximum atomic E-state index is 12.9. The predicted molar refractivity (Wildman–Crippen MR) is 135 cm³/mol. The lowest BCUT2D eigenvalue weighted by Gasteiger charge is -2.48. The standard InChI is InChI=1S/C20H18N6O8S2.ClH/c1-33-24-13(11-7-36-20(21)22-11)16(28)23-14-17(29)25-15(12(27)8-35-18(14)25)19(30)34-6-9-2-4-10(5-3-9)26(31)32;/h2-5,7,14,18,27H,6,8H2,1H3,(H2,21,22)(H,23,28);1H/t14?,18-;/m1./s1. The number of fused-ring (bicyclic) bond motifs is 1. The van der Waals surface area contributed by atoms with Crippen LogP contribution < -0.4 is 11.1 Å². The molecular weight excluding hydrogens is 552 g/mol. The highest BCUT2D eigenvalue weighted by Crippen LogP contribution is 2.40. The quantitative estimate of drug-likeness (QED) is 0.136. The van der Waals surface area contributed by atoms with Crippen LogP contribution in [0.1, 0.15) is 11.3 Å². The topological polar surface area (TPSA) is 200 Å². The molecule has 2 atom stereocenters. The fourth-order valence-electron chi connectivity index (χ4n) is 3.43. The van der Waals surface area contributed by atoms with Crippen molar-refractivity contribution in [3.05, 3.63) is 62.5 Å². The number of carbonyl (C=O) groups excluding carboxylic acids is 3. The lowest BCUT2D eigenvalue weighted by atomic mass is 10.0. The van der Waals surface area contributed by atoms with Crippen molar-refractivity contribution >= 4 is 69.8 Å². The summed E-state index contributed by atoms with van der Waals surface area (Å²) in [5, 5.41) is 28.3. The van der Waals surface area contributed by atoms with Gasteiger partial charge in [0.25, 0.3) is 17.5 Å². The number of rotatable bonds is 8. The smallest absolute Gasteiger partial charge is 0.358 e. The molecule has 1 aromatic carbocycles. The highest BCUT2D eigenvalue weighted by Gasteiger charge is 2.55. The molecule has 0 bridgehead atoms. The maximum Gasteiger partial charge on any atom is 0.358 e. The highest BCUT2D eigenvalue weighted by atomic mass is 35.5. The summed E-state index contributed by atoms with van der Waals surface area (Å²) in [6.45, 7) is -0.235. The summed E-state index contributed by atoms with van der Waals surface area (Å²) in [4.78, 5) is 58.3. The normalized spacial score (nSPS) is 18.8. The summed E-state index contributed by atoms with van der Waals surface area (Å²) in [5.74, 6) is -2.66. The fourth-order valence-corrected chi connectivity index (χ4v) is 5.17. The number of nitrogens with zero attached hydrogens (tertiary/aromatic N) is 4. The molecule has 1 aromatic heterocycles. The van der Waals surface area contributed by atoms with Gasteiger partial charge in [-0.2, -0.15) is 0 Å². The Morgan fingerprint density at radius 3 is 2.68 bits per heavy atom. The lowest BCUT2D eigenvalue weighted by Crippen LogP contribution is -2.71. The molecule has 14 nitrogen and oxygen atoms in total. The molecule has 2 aromatic rings. The van der Waals surface area contributed by atoms with Gasteiger partial charge in [0.2, 0.25) is 0 Å². The van der Waals surface area contributed by atoms with E-state index in [1.807, 2.05) is 0 Å². The number of β-lactam (4-membered cyclic amide) rings is 1. The van der Waals surface area contributed by atoms with Crippen LogP contribution in [0.25, 0.3) is 0 Å².